The molecule has 11 N–H and O–H groups in total. The number of hydrogen-bond acceptors (Lipinski definition) is 8. The number of amides is 4. The monoisotopic (exact) mass is 502 g/mol. The van der Waals surface area contributed by atoms with Crippen molar-refractivity contribution >= 4 is 35.6 Å². The molecule has 4 amide bonds. The molecule has 0 bridgehead atoms. The lowest BCUT2D eigenvalue weighted by Crippen LogP contribution is -2.58. The van der Waals surface area contributed by atoms with E-state index in [0.29, 0.717) is 25.8 Å². The van der Waals surface area contributed by atoms with Gasteiger partial charge in [0, 0.05) is 6.42 Å². The molecule has 0 aromatic heterocycles. The van der Waals surface area contributed by atoms with Crippen molar-refractivity contribution in [1.29, 1.82) is 0 Å². The zero-order chi connectivity index (χ0) is 27.1. The lowest BCUT2D eigenvalue weighted by Gasteiger charge is -2.28. The third-order valence-electron chi connectivity index (χ3n) is 5.39. The van der Waals surface area contributed by atoms with Crippen molar-refractivity contribution in [2.75, 3.05) is 6.54 Å². The Kier molecular flexibility index (Phi) is 14.9. The highest BCUT2D eigenvalue weighted by Gasteiger charge is 2.33. The molecule has 0 spiro atoms. The summed E-state index contributed by atoms with van der Waals surface area (Å²) in [5.74, 6) is -6.22. The van der Waals surface area contributed by atoms with Gasteiger partial charge in [0.05, 0.1) is 12.5 Å². The normalized spacial score (nSPS) is 15.1. The summed E-state index contributed by atoms with van der Waals surface area (Å²) < 4.78 is 0. The largest absolute Gasteiger partial charge is 0.481 e. The number of unbranched alkanes of at least 4 members (excludes halogenated alkanes) is 1. The third kappa shape index (κ3) is 12.7. The van der Waals surface area contributed by atoms with Crippen LogP contribution < -0.4 is 33.2 Å². The zero-order valence-corrected chi connectivity index (χ0v) is 20.1. The lowest BCUT2D eigenvalue weighted by molar-refractivity contribution is -0.143. The number of rotatable bonds is 18. The van der Waals surface area contributed by atoms with Crippen LogP contribution in [-0.2, 0) is 28.8 Å². The van der Waals surface area contributed by atoms with Gasteiger partial charge in [-0.15, -0.1) is 0 Å². The molecule has 0 saturated heterocycles. The van der Waals surface area contributed by atoms with Crippen LogP contribution in [-0.4, -0.2) is 76.5 Å². The second kappa shape index (κ2) is 16.4. The number of primary amides is 1. The first-order valence-corrected chi connectivity index (χ1v) is 11.4. The van der Waals surface area contributed by atoms with E-state index in [1.54, 1.807) is 13.8 Å². The summed E-state index contributed by atoms with van der Waals surface area (Å²) in [6.07, 6.45) is 0.357. The predicted octanol–water partition coefficient (Wildman–Crippen LogP) is -2.23. The maximum atomic E-state index is 12.9. The average molecular weight is 503 g/mol. The highest BCUT2D eigenvalue weighted by atomic mass is 16.4. The Balaban J connectivity index is 5.58. The van der Waals surface area contributed by atoms with Crippen LogP contribution in [0.25, 0.3) is 0 Å². The Labute approximate surface area is 203 Å². The summed E-state index contributed by atoms with van der Waals surface area (Å²) in [6, 6.07) is -5.08. The topological polar surface area (TPSA) is 257 Å². The fourth-order valence-corrected chi connectivity index (χ4v) is 3.09. The van der Waals surface area contributed by atoms with E-state index in [1.807, 2.05) is 0 Å². The van der Waals surface area contributed by atoms with Gasteiger partial charge in [-0.3, -0.25) is 24.0 Å². The molecular formula is C21H38N6O8. The first kappa shape index (κ1) is 31.7. The lowest BCUT2D eigenvalue weighted by atomic mass is 9.96. The van der Waals surface area contributed by atoms with Gasteiger partial charge >= 0.3 is 11.9 Å². The molecule has 0 fully saturated rings. The minimum Gasteiger partial charge on any atom is -0.481 e. The minimum absolute atomic E-state index is 0.147. The number of carboxylic acids is 2. The Hall–Kier alpha value is -3.26. The van der Waals surface area contributed by atoms with E-state index in [1.165, 1.54) is 0 Å². The predicted molar refractivity (Wildman–Crippen MR) is 124 cm³/mol. The molecule has 0 aliphatic carbocycles. The molecule has 0 aliphatic heterocycles. The highest BCUT2D eigenvalue weighted by Crippen LogP contribution is 2.11. The van der Waals surface area contributed by atoms with Gasteiger partial charge in [0.2, 0.25) is 23.6 Å². The first-order valence-electron chi connectivity index (χ1n) is 11.4. The number of carbonyl (C=O) groups is 6. The van der Waals surface area contributed by atoms with Gasteiger partial charge in [-0.25, -0.2) is 4.79 Å². The SMILES string of the molecule is CCC(C)C(NC(=O)C(CCC(=O)O)NC(=O)C(N)CC(N)=O)C(=O)NC(CCCCN)C(=O)O. The molecule has 5 atom stereocenters. The molecular weight excluding hydrogens is 464 g/mol. The number of aliphatic carboxylic acids is 2. The Bertz CT molecular complexity index is 762. The fourth-order valence-electron chi connectivity index (χ4n) is 3.09. The molecule has 0 aliphatic rings. The van der Waals surface area contributed by atoms with Crippen molar-refractivity contribution in [2.45, 2.75) is 83.0 Å². The standard InChI is InChI=1S/C21H38N6O8/c1-3-11(2)17(20(33)26-14(21(34)35)6-4-5-9-22)27-19(32)13(7-8-16(29)30)25-18(31)12(23)10-15(24)28/h11-14,17H,3-10,22-23H2,1-2H3,(H2,24,28)(H,25,31)(H,26,33)(H,27,32)(H,29,30)(H,34,35). The smallest absolute Gasteiger partial charge is 0.326 e. The molecule has 0 radical (unpaired) electrons. The van der Waals surface area contributed by atoms with Crippen LogP contribution >= 0.6 is 0 Å². The van der Waals surface area contributed by atoms with Crippen molar-refractivity contribution in [3.63, 3.8) is 0 Å². The van der Waals surface area contributed by atoms with E-state index in [4.69, 9.17) is 22.3 Å². The number of carbonyl (C=O) groups excluding carboxylic acids is 4. The summed E-state index contributed by atoms with van der Waals surface area (Å²) in [5.41, 5.74) is 16.0. The fraction of sp³-hybridized carbons (Fsp3) is 0.714. The minimum atomic E-state index is -1.38. The molecule has 14 nitrogen and oxygen atoms in total. The molecule has 0 aromatic rings. The maximum absolute atomic E-state index is 12.9. The summed E-state index contributed by atoms with van der Waals surface area (Å²) in [7, 11) is 0. The Morgan fingerprint density at radius 1 is 0.857 bits per heavy atom. The van der Waals surface area contributed by atoms with Crippen molar-refractivity contribution in [3.8, 4) is 0 Å². The van der Waals surface area contributed by atoms with Crippen LogP contribution in [0.3, 0.4) is 0 Å². The van der Waals surface area contributed by atoms with Crippen LogP contribution in [0, 0.1) is 5.92 Å². The summed E-state index contributed by atoms with van der Waals surface area (Å²) in [5, 5.41) is 25.6. The molecule has 0 heterocycles. The van der Waals surface area contributed by atoms with Crippen molar-refractivity contribution in [1.82, 2.24) is 16.0 Å². The van der Waals surface area contributed by atoms with Gasteiger partial charge in [0.25, 0.3) is 0 Å². The number of hydrogen-bond donors (Lipinski definition) is 8. The summed E-state index contributed by atoms with van der Waals surface area (Å²) >= 11 is 0. The van der Waals surface area contributed by atoms with Crippen LogP contribution in [0.5, 0.6) is 0 Å². The first-order chi connectivity index (χ1) is 16.3. The third-order valence-corrected chi connectivity index (χ3v) is 5.39. The van der Waals surface area contributed by atoms with Gasteiger partial charge in [0.1, 0.15) is 18.1 Å². The molecule has 5 unspecified atom stereocenters. The molecule has 0 rings (SSSR count). The number of nitrogens with one attached hydrogen (secondary N) is 3. The van der Waals surface area contributed by atoms with E-state index < -0.39 is 78.5 Å². The van der Waals surface area contributed by atoms with E-state index in [2.05, 4.69) is 16.0 Å². The van der Waals surface area contributed by atoms with E-state index >= 15 is 0 Å². The Morgan fingerprint density at radius 2 is 1.46 bits per heavy atom. The van der Waals surface area contributed by atoms with Gasteiger partial charge in [-0.1, -0.05) is 20.3 Å². The zero-order valence-electron chi connectivity index (χ0n) is 20.1. The van der Waals surface area contributed by atoms with Crippen LogP contribution in [0.1, 0.15) is 58.8 Å². The second-order valence-electron chi connectivity index (χ2n) is 8.33. The summed E-state index contributed by atoms with van der Waals surface area (Å²) in [6.45, 7) is 3.81. The molecule has 0 aromatic carbocycles. The molecule has 14 heteroatoms. The highest BCUT2D eigenvalue weighted by molar-refractivity contribution is 5.95. The number of nitrogens with two attached hydrogens (primary N) is 3. The van der Waals surface area contributed by atoms with Gasteiger partial charge in [0.15, 0.2) is 0 Å². The van der Waals surface area contributed by atoms with Crippen LogP contribution in [0.4, 0.5) is 0 Å². The molecule has 0 saturated carbocycles. The van der Waals surface area contributed by atoms with Gasteiger partial charge in [-0.05, 0) is 38.1 Å². The van der Waals surface area contributed by atoms with Crippen molar-refractivity contribution in [3.05, 3.63) is 0 Å². The van der Waals surface area contributed by atoms with E-state index in [0.717, 1.165) is 0 Å². The average Bonchev–Trinajstić information content (AvgIpc) is 2.77. The maximum Gasteiger partial charge on any atom is 0.326 e. The van der Waals surface area contributed by atoms with Crippen molar-refractivity contribution < 1.29 is 39.0 Å². The van der Waals surface area contributed by atoms with E-state index in [-0.39, 0.29) is 12.8 Å². The molecule has 200 valence electrons. The van der Waals surface area contributed by atoms with Gasteiger partial charge in [-0.2, -0.15) is 0 Å². The van der Waals surface area contributed by atoms with Gasteiger partial charge < -0.3 is 43.4 Å². The molecule has 35 heavy (non-hydrogen) atoms. The summed E-state index contributed by atoms with van der Waals surface area (Å²) in [4.78, 5) is 71.7. The second-order valence-corrected chi connectivity index (χ2v) is 8.33. The van der Waals surface area contributed by atoms with Crippen molar-refractivity contribution in [2.24, 2.45) is 23.1 Å². The number of carboxylic acid groups (broad SMARTS) is 2. The van der Waals surface area contributed by atoms with E-state index in [9.17, 15) is 33.9 Å². The quantitative estimate of drug-likeness (QED) is 0.0935. The Morgan fingerprint density at radius 3 is 1.94 bits per heavy atom. The van der Waals surface area contributed by atoms with Crippen LogP contribution in [0.2, 0.25) is 0 Å². The van der Waals surface area contributed by atoms with Crippen LogP contribution in [0.15, 0.2) is 0 Å².